The van der Waals surface area contributed by atoms with Gasteiger partial charge in [-0.2, -0.15) is 0 Å². The van der Waals surface area contributed by atoms with Gasteiger partial charge in [0.1, 0.15) is 0 Å². The number of esters is 1. The maximum absolute atomic E-state index is 11.5. The first kappa shape index (κ1) is 12.1. The van der Waals surface area contributed by atoms with Crippen LogP contribution in [0.4, 0.5) is 0 Å². The SMILES string of the molecule is C=COC(=O)C(=C)Cc1cccc2ccccc12. The molecule has 0 N–H and O–H groups in total. The van der Waals surface area contributed by atoms with Crippen LogP contribution in [0.1, 0.15) is 5.56 Å². The number of fused-ring (bicyclic) bond motifs is 1. The molecule has 2 heteroatoms. The average Bonchev–Trinajstić information content (AvgIpc) is 2.39. The summed E-state index contributed by atoms with van der Waals surface area (Å²) < 4.78 is 4.71. The van der Waals surface area contributed by atoms with E-state index < -0.39 is 5.97 Å². The molecule has 0 heterocycles. The van der Waals surface area contributed by atoms with Crippen molar-refractivity contribution in [2.75, 3.05) is 0 Å². The van der Waals surface area contributed by atoms with Crippen LogP contribution in [0.3, 0.4) is 0 Å². The second kappa shape index (κ2) is 5.32. The molecule has 0 fully saturated rings. The topological polar surface area (TPSA) is 26.3 Å². The fourth-order valence-electron chi connectivity index (χ4n) is 1.91. The molecule has 90 valence electrons. The van der Waals surface area contributed by atoms with Crippen LogP contribution in [0.5, 0.6) is 0 Å². The Kier molecular flexibility index (Phi) is 3.58. The zero-order valence-corrected chi connectivity index (χ0v) is 10.1. The van der Waals surface area contributed by atoms with Crippen LogP contribution in [0.2, 0.25) is 0 Å². The summed E-state index contributed by atoms with van der Waals surface area (Å²) in [7, 11) is 0. The van der Waals surface area contributed by atoms with Crippen LogP contribution < -0.4 is 0 Å². The number of rotatable bonds is 4. The smallest absolute Gasteiger partial charge is 0.338 e. The van der Waals surface area contributed by atoms with Gasteiger partial charge in [-0.05, 0) is 16.3 Å². The molecule has 0 aliphatic heterocycles. The number of hydrogen-bond donors (Lipinski definition) is 0. The quantitative estimate of drug-likeness (QED) is 0.462. The van der Waals surface area contributed by atoms with E-state index in [0.717, 1.165) is 22.6 Å². The minimum absolute atomic E-state index is 0.422. The van der Waals surface area contributed by atoms with Crippen molar-refractivity contribution in [1.29, 1.82) is 0 Å². The average molecular weight is 238 g/mol. The molecule has 2 nitrogen and oxygen atoms in total. The molecule has 0 saturated heterocycles. The lowest BCUT2D eigenvalue weighted by molar-refractivity contribution is -0.133. The first-order valence-electron chi connectivity index (χ1n) is 5.68. The molecular formula is C16H14O2. The van der Waals surface area contributed by atoms with E-state index in [4.69, 9.17) is 4.74 Å². The van der Waals surface area contributed by atoms with Gasteiger partial charge >= 0.3 is 5.97 Å². The van der Waals surface area contributed by atoms with Crippen LogP contribution in [-0.2, 0) is 16.0 Å². The molecule has 0 unspecified atom stereocenters. The van der Waals surface area contributed by atoms with Crippen molar-refractivity contribution in [3.8, 4) is 0 Å². The van der Waals surface area contributed by atoms with Gasteiger partial charge in [-0.3, -0.25) is 0 Å². The Morgan fingerprint density at radius 2 is 1.89 bits per heavy atom. The highest BCUT2D eigenvalue weighted by molar-refractivity contribution is 5.91. The summed E-state index contributed by atoms with van der Waals surface area (Å²) in [6, 6.07) is 14.1. The second-order valence-corrected chi connectivity index (χ2v) is 3.99. The van der Waals surface area contributed by atoms with Gasteiger partial charge in [-0.25, -0.2) is 4.79 Å². The van der Waals surface area contributed by atoms with Gasteiger partial charge < -0.3 is 4.74 Å². The zero-order valence-electron chi connectivity index (χ0n) is 10.1. The van der Waals surface area contributed by atoms with Crippen molar-refractivity contribution >= 4 is 16.7 Å². The first-order chi connectivity index (χ1) is 8.72. The van der Waals surface area contributed by atoms with Gasteiger partial charge in [0, 0.05) is 12.0 Å². The number of carbonyl (C=O) groups is 1. The monoisotopic (exact) mass is 238 g/mol. The molecule has 0 aliphatic rings. The van der Waals surface area contributed by atoms with Gasteiger partial charge in [0.15, 0.2) is 0 Å². The first-order valence-corrected chi connectivity index (χ1v) is 5.68. The van der Waals surface area contributed by atoms with E-state index in [2.05, 4.69) is 13.2 Å². The van der Waals surface area contributed by atoms with Gasteiger partial charge in [-0.1, -0.05) is 55.6 Å². The summed E-state index contributed by atoms with van der Waals surface area (Å²) in [4.78, 5) is 11.5. The third-order valence-corrected chi connectivity index (χ3v) is 2.76. The molecule has 0 spiro atoms. The highest BCUT2D eigenvalue weighted by atomic mass is 16.5. The van der Waals surface area contributed by atoms with Crippen LogP contribution in [0.15, 0.2) is 67.5 Å². The molecular weight excluding hydrogens is 224 g/mol. The van der Waals surface area contributed by atoms with E-state index in [1.807, 2.05) is 42.5 Å². The minimum Gasteiger partial charge on any atom is -0.432 e. The zero-order chi connectivity index (χ0) is 13.0. The fraction of sp³-hybridized carbons (Fsp3) is 0.0625. The predicted molar refractivity (Wildman–Crippen MR) is 73.1 cm³/mol. The van der Waals surface area contributed by atoms with Crippen molar-refractivity contribution < 1.29 is 9.53 Å². The lowest BCUT2D eigenvalue weighted by atomic mass is 9.99. The Morgan fingerprint density at radius 3 is 2.67 bits per heavy atom. The lowest BCUT2D eigenvalue weighted by Gasteiger charge is -2.07. The summed E-state index contributed by atoms with van der Waals surface area (Å²) in [5.41, 5.74) is 1.49. The van der Waals surface area contributed by atoms with Crippen molar-refractivity contribution in [2.24, 2.45) is 0 Å². The van der Waals surface area contributed by atoms with E-state index in [0.29, 0.717) is 12.0 Å². The molecule has 0 amide bonds. The van der Waals surface area contributed by atoms with Gasteiger partial charge in [0.05, 0.1) is 6.26 Å². The third-order valence-electron chi connectivity index (χ3n) is 2.76. The molecule has 0 aliphatic carbocycles. The summed E-state index contributed by atoms with van der Waals surface area (Å²) in [6.07, 6.45) is 1.60. The molecule has 0 radical (unpaired) electrons. The van der Waals surface area contributed by atoms with Crippen molar-refractivity contribution in [2.45, 2.75) is 6.42 Å². The maximum atomic E-state index is 11.5. The summed E-state index contributed by atoms with van der Waals surface area (Å²) in [5.74, 6) is -0.432. The lowest BCUT2D eigenvalue weighted by Crippen LogP contribution is -2.05. The molecule has 2 rings (SSSR count). The highest BCUT2D eigenvalue weighted by Crippen LogP contribution is 2.21. The number of ether oxygens (including phenoxy) is 1. The van der Waals surface area contributed by atoms with Crippen molar-refractivity contribution in [3.05, 3.63) is 73.0 Å². The summed E-state index contributed by atoms with van der Waals surface area (Å²) in [5, 5.41) is 2.28. The number of hydrogen-bond acceptors (Lipinski definition) is 2. The van der Waals surface area contributed by atoms with E-state index >= 15 is 0 Å². The standard InChI is InChI=1S/C16H14O2/c1-3-18-16(17)12(2)11-14-9-6-8-13-7-4-5-10-15(13)14/h3-10H,1-2,11H2. The van der Waals surface area contributed by atoms with Gasteiger partial charge in [0.25, 0.3) is 0 Å². The number of benzene rings is 2. The molecule has 0 aromatic heterocycles. The maximum Gasteiger partial charge on any atom is 0.338 e. The Bertz CT molecular complexity index is 606. The van der Waals surface area contributed by atoms with Crippen LogP contribution >= 0.6 is 0 Å². The second-order valence-electron chi connectivity index (χ2n) is 3.99. The molecule has 0 atom stereocenters. The third kappa shape index (κ3) is 2.48. The number of carbonyl (C=O) groups excluding carboxylic acids is 1. The van der Waals surface area contributed by atoms with E-state index in [9.17, 15) is 4.79 Å². The summed E-state index contributed by atoms with van der Waals surface area (Å²) in [6.45, 7) is 7.11. The van der Waals surface area contributed by atoms with Crippen molar-refractivity contribution in [1.82, 2.24) is 0 Å². The largest absolute Gasteiger partial charge is 0.432 e. The van der Waals surface area contributed by atoms with Crippen LogP contribution in [-0.4, -0.2) is 5.97 Å². The van der Waals surface area contributed by atoms with E-state index in [1.54, 1.807) is 0 Å². The van der Waals surface area contributed by atoms with E-state index in [-0.39, 0.29) is 0 Å². The Morgan fingerprint density at radius 1 is 1.17 bits per heavy atom. The Hall–Kier alpha value is -2.35. The van der Waals surface area contributed by atoms with Crippen LogP contribution in [0, 0.1) is 0 Å². The highest BCUT2D eigenvalue weighted by Gasteiger charge is 2.09. The summed E-state index contributed by atoms with van der Waals surface area (Å²) >= 11 is 0. The molecule has 2 aromatic carbocycles. The molecule has 0 saturated carbocycles. The Labute approximate surface area is 106 Å². The van der Waals surface area contributed by atoms with Crippen LogP contribution in [0.25, 0.3) is 10.8 Å². The fourth-order valence-corrected chi connectivity index (χ4v) is 1.91. The van der Waals surface area contributed by atoms with E-state index in [1.165, 1.54) is 0 Å². The molecule has 0 bridgehead atoms. The van der Waals surface area contributed by atoms with Gasteiger partial charge in [0.2, 0.25) is 0 Å². The van der Waals surface area contributed by atoms with Crippen molar-refractivity contribution in [3.63, 3.8) is 0 Å². The molecule has 2 aromatic rings. The minimum atomic E-state index is -0.432. The normalized spacial score (nSPS) is 10.0. The predicted octanol–water partition coefficient (Wildman–Crippen LogP) is 3.63. The molecule has 18 heavy (non-hydrogen) atoms. The van der Waals surface area contributed by atoms with Gasteiger partial charge in [-0.15, -0.1) is 0 Å². The Balaban J connectivity index is 2.29.